The Bertz CT molecular complexity index is 705. The maximum absolute atomic E-state index is 12.3. The lowest BCUT2D eigenvalue weighted by Crippen LogP contribution is -2.46. The molecule has 1 aromatic carbocycles. The SMILES string of the molecule is O=c1[nH]c2ccccc2n1C1CCC(NC2CCNCC2)CC1. The standard InChI is InChI=1S/C18H26N4O/c23-18-21-16-3-1-2-4-17(16)22(18)15-7-5-13(6-8-15)20-14-9-11-19-12-10-14/h1-4,13-15,19-20H,5-12H2,(H,21,23). The molecule has 0 spiro atoms. The number of H-pyrrole nitrogens is 1. The second-order valence-corrected chi connectivity index (χ2v) is 7.01. The van der Waals surface area contributed by atoms with Crippen molar-refractivity contribution >= 4 is 11.0 Å². The second-order valence-electron chi connectivity index (χ2n) is 7.01. The highest BCUT2D eigenvalue weighted by Crippen LogP contribution is 2.30. The van der Waals surface area contributed by atoms with E-state index in [1.165, 1.54) is 25.7 Å². The van der Waals surface area contributed by atoms with Crippen LogP contribution >= 0.6 is 0 Å². The molecule has 0 atom stereocenters. The minimum absolute atomic E-state index is 0.0426. The Morgan fingerprint density at radius 3 is 2.43 bits per heavy atom. The Morgan fingerprint density at radius 1 is 0.957 bits per heavy atom. The average Bonchev–Trinajstić information content (AvgIpc) is 2.92. The average molecular weight is 314 g/mol. The monoisotopic (exact) mass is 314 g/mol. The van der Waals surface area contributed by atoms with Crippen molar-refractivity contribution in [2.45, 2.75) is 56.7 Å². The van der Waals surface area contributed by atoms with Gasteiger partial charge in [-0.25, -0.2) is 4.79 Å². The van der Waals surface area contributed by atoms with E-state index >= 15 is 0 Å². The lowest BCUT2D eigenvalue weighted by Gasteiger charge is -2.34. The zero-order valence-electron chi connectivity index (χ0n) is 13.6. The third-order valence-corrected chi connectivity index (χ3v) is 5.50. The summed E-state index contributed by atoms with van der Waals surface area (Å²) in [6, 6.07) is 9.65. The number of fused-ring (bicyclic) bond motifs is 1. The van der Waals surface area contributed by atoms with Crippen LogP contribution in [0.1, 0.15) is 44.6 Å². The first-order valence-corrected chi connectivity index (χ1v) is 8.97. The van der Waals surface area contributed by atoms with Crippen molar-refractivity contribution < 1.29 is 0 Å². The first-order valence-electron chi connectivity index (χ1n) is 8.97. The third kappa shape index (κ3) is 3.08. The summed E-state index contributed by atoms with van der Waals surface area (Å²) in [4.78, 5) is 15.3. The van der Waals surface area contributed by atoms with Crippen LogP contribution in [0.4, 0.5) is 0 Å². The fourth-order valence-electron chi connectivity index (χ4n) is 4.26. The lowest BCUT2D eigenvalue weighted by atomic mass is 9.89. The summed E-state index contributed by atoms with van der Waals surface area (Å²) in [7, 11) is 0. The molecule has 0 radical (unpaired) electrons. The summed E-state index contributed by atoms with van der Waals surface area (Å²) in [6.07, 6.45) is 6.99. The van der Waals surface area contributed by atoms with E-state index in [1.807, 2.05) is 28.8 Å². The topological polar surface area (TPSA) is 61.9 Å². The number of piperidine rings is 1. The lowest BCUT2D eigenvalue weighted by molar-refractivity contribution is 0.256. The molecule has 4 rings (SSSR count). The van der Waals surface area contributed by atoms with Gasteiger partial charge in [-0.2, -0.15) is 0 Å². The van der Waals surface area contributed by atoms with Crippen LogP contribution in [0, 0.1) is 0 Å². The van der Waals surface area contributed by atoms with E-state index in [4.69, 9.17) is 0 Å². The third-order valence-electron chi connectivity index (χ3n) is 5.50. The Labute approximate surface area is 136 Å². The summed E-state index contributed by atoms with van der Waals surface area (Å²) in [5.74, 6) is 0. The van der Waals surface area contributed by atoms with Gasteiger partial charge < -0.3 is 15.6 Å². The van der Waals surface area contributed by atoms with Crippen molar-refractivity contribution in [3.63, 3.8) is 0 Å². The highest BCUT2D eigenvalue weighted by molar-refractivity contribution is 5.75. The smallest absolute Gasteiger partial charge is 0.317 e. The molecule has 0 unspecified atom stereocenters. The van der Waals surface area contributed by atoms with Gasteiger partial charge >= 0.3 is 5.69 Å². The van der Waals surface area contributed by atoms with E-state index in [0.29, 0.717) is 18.1 Å². The molecule has 1 aromatic heterocycles. The largest absolute Gasteiger partial charge is 0.326 e. The molecule has 1 aliphatic carbocycles. The van der Waals surface area contributed by atoms with Crippen LogP contribution in [0.2, 0.25) is 0 Å². The van der Waals surface area contributed by atoms with Gasteiger partial charge in [0.1, 0.15) is 0 Å². The Hall–Kier alpha value is -1.59. The number of aromatic amines is 1. The zero-order valence-corrected chi connectivity index (χ0v) is 13.6. The summed E-state index contributed by atoms with van der Waals surface area (Å²) in [6.45, 7) is 2.27. The molecule has 5 heteroatoms. The zero-order chi connectivity index (χ0) is 15.6. The molecule has 2 aliphatic rings. The molecule has 2 fully saturated rings. The molecular formula is C18H26N4O. The van der Waals surface area contributed by atoms with Gasteiger partial charge in [0, 0.05) is 18.1 Å². The minimum atomic E-state index is 0.0426. The molecule has 3 N–H and O–H groups in total. The highest BCUT2D eigenvalue weighted by Gasteiger charge is 2.26. The van der Waals surface area contributed by atoms with E-state index < -0.39 is 0 Å². The molecule has 2 aromatic rings. The molecule has 5 nitrogen and oxygen atoms in total. The maximum Gasteiger partial charge on any atom is 0.326 e. The summed E-state index contributed by atoms with van der Waals surface area (Å²) in [5.41, 5.74) is 2.04. The molecular weight excluding hydrogens is 288 g/mol. The van der Waals surface area contributed by atoms with Crippen LogP contribution in [0.25, 0.3) is 11.0 Å². The molecule has 124 valence electrons. The predicted octanol–water partition coefficient (Wildman–Crippen LogP) is 2.15. The fourth-order valence-corrected chi connectivity index (χ4v) is 4.26. The number of imidazole rings is 1. The van der Waals surface area contributed by atoms with Gasteiger partial charge in [0.2, 0.25) is 0 Å². The van der Waals surface area contributed by atoms with Crippen LogP contribution in [-0.4, -0.2) is 34.7 Å². The second kappa shape index (κ2) is 6.49. The van der Waals surface area contributed by atoms with Crippen molar-refractivity contribution in [1.29, 1.82) is 0 Å². The number of hydrogen-bond acceptors (Lipinski definition) is 3. The Kier molecular flexibility index (Phi) is 4.23. The molecule has 1 saturated carbocycles. The van der Waals surface area contributed by atoms with Gasteiger partial charge in [0.15, 0.2) is 0 Å². The van der Waals surface area contributed by atoms with Gasteiger partial charge in [-0.15, -0.1) is 0 Å². The summed E-state index contributed by atoms with van der Waals surface area (Å²) >= 11 is 0. The van der Waals surface area contributed by atoms with E-state index in [0.717, 1.165) is 37.0 Å². The Morgan fingerprint density at radius 2 is 1.65 bits per heavy atom. The van der Waals surface area contributed by atoms with Crippen LogP contribution in [-0.2, 0) is 0 Å². The van der Waals surface area contributed by atoms with Crippen molar-refractivity contribution in [1.82, 2.24) is 20.2 Å². The number of para-hydroxylation sites is 2. The fraction of sp³-hybridized carbons (Fsp3) is 0.611. The number of nitrogens with zero attached hydrogens (tertiary/aromatic N) is 1. The first-order chi connectivity index (χ1) is 11.3. The van der Waals surface area contributed by atoms with Crippen LogP contribution < -0.4 is 16.3 Å². The van der Waals surface area contributed by atoms with Crippen LogP contribution in [0.3, 0.4) is 0 Å². The number of aromatic nitrogens is 2. The molecule has 1 aliphatic heterocycles. The van der Waals surface area contributed by atoms with Gasteiger partial charge in [0.25, 0.3) is 0 Å². The predicted molar refractivity (Wildman–Crippen MR) is 92.9 cm³/mol. The van der Waals surface area contributed by atoms with Crippen molar-refractivity contribution in [2.75, 3.05) is 13.1 Å². The molecule has 23 heavy (non-hydrogen) atoms. The summed E-state index contributed by atoms with van der Waals surface area (Å²) in [5, 5.41) is 7.26. The van der Waals surface area contributed by atoms with Crippen LogP contribution in [0.5, 0.6) is 0 Å². The minimum Gasteiger partial charge on any atom is -0.317 e. The quantitative estimate of drug-likeness (QED) is 0.813. The molecule has 0 bridgehead atoms. The Balaban J connectivity index is 1.42. The van der Waals surface area contributed by atoms with E-state index in [9.17, 15) is 4.79 Å². The van der Waals surface area contributed by atoms with Crippen molar-refractivity contribution in [2.24, 2.45) is 0 Å². The molecule has 0 amide bonds. The number of hydrogen-bond donors (Lipinski definition) is 3. The normalized spacial score (nSPS) is 26.6. The van der Waals surface area contributed by atoms with Crippen molar-refractivity contribution in [3.05, 3.63) is 34.7 Å². The van der Waals surface area contributed by atoms with Gasteiger partial charge in [0.05, 0.1) is 11.0 Å². The van der Waals surface area contributed by atoms with Gasteiger partial charge in [-0.1, -0.05) is 12.1 Å². The van der Waals surface area contributed by atoms with E-state index in [-0.39, 0.29) is 5.69 Å². The van der Waals surface area contributed by atoms with E-state index in [2.05, 4.69) is 15.6 Å². The van der Waals surface area contributed by atoms with Crippen LogP contribution in [0.15, 0.2) is 29.1 Å². The van der Waals surface area contributed by atoms with E-state index in [1.54, 1.807) is 0 Å². The number of benzene rings is 1. The number of nitrogens with one attached hydrogen (secondary N) is 3. The highest BCUT2D eigenvalue weighted by atomic mass is 16.1. The maximum atomic E-state index is 12.3. The van der Waals surface area contributed by atoms with Gasteiger partial charge in [-0.05, 0) is 63.7 Å². The number of rotatable bonds is 3. The van der Waals surface area contributed by atoms with Gasteiger partial charge in [-0.3, -0.25) is 4.57 Å². The molecule has 2 heterocycles. The first kappa shape index (κ1) is 15.0. The van der Waals surface area contributed by atoms with Crippen molar-refractivity contribution in [3.8, 4) is 0 Å². The summed E-state index contributed by atoms with van der Waals surface area (Å²) < 4.78 is 1.98. The molecule has 1 saturated heterocycles.